The van der Waals surface area contributed by atoms with Gasteiger partial charge >= 0.3 is 0 Å². The van der Waals surface area contributed by atoms with Gasteiger partial charge < -0.3 is 21.3 Å². The molecular weight excluding hydrogens is 576 g/mol. The van der Waals surface area contributed by atoms with E-state index in [4.69, 9.17) is 0 Å². The molecule has 0 aliphatic carbocycles. The fraction of sp³-hybridized carbons (Fsp3) is 0.125. The number of halogens is 4. The van der Waals surface area contributed by atoms with Crippen LogP contribution < -0.4 is 21.3 Å². The summed E-state index contributed by atoms with van der Waals surface area (Å²) in [5.41, 5.74) is 1.87. The number of amides is 4. The van der Waals surface area contributed by atoms with Gasteiger partial charge in [0, 0.05) is 50.4 Å². The van der Waals surface area contributed by atoms with Crippen molar-refractivity contribution in [1.82, 2.24) is 21.3 Å². The van der Waals surface area contributed by atoms with Crippen LogP contribution in [0.5, 0.6) is 0 Å². The monoisotopic (exact) mass is 608 g/mol. The van der Waals surface area contributed by atoms with Crippen molar-refractivity contribution in [2.75, 3.05) is 28.2 Å². The second-order valence-electron chi connectivity index (χ2n) is 8.34. The van der Waals surface area contributed by atoms with Gasteiger partial charge in [-0.3, -0.25) is 19.2 Å². The van der Waals surface area contributed by atoms with Gasteiger partial charge in [0.15, 0.2) is 0 Å². The van der Waals surface area contributed by atoms with E-state index in [1.165, 1.54) is 125 Å². The van der Waals surface area contributed by atoms with Crippen LogP contribution in [0.3, 0.4) is 0 Å². The molecule has 4 amide bonds. The number of hydrogen-bond acceptors (Lipinski definition) is 4. The van der Waals surface area contributed by atoms with E-state index in [0.717, 1.165) is 0 Å². The molecule has 4 N–H and O–H groups in total. The molecular formula is C32H32F4N4O4. The SMILES string of the molecule is CNC(=O)c1ccc([18F])cc1.CNC(=O)c1ccc([18F])cc1.CNC(=O)c1ccc([18F])cc1.CNC(=O)c1ccc([18F])cc1. The van der Waals surface area contributed by atoms with Crippen molar-refractivity contribution in [2.45, 2.75) is 0 Å². The van der Waals surface area contributed by atoms with Crippen LogP contribution in [0.15, 0.2) is 97.1 Å². The van der Waals surface area contributed by atoms with Crippen LogP contribution in [0, 0.1) is 23.3 Å². The molecule has 0 atom stereocenters. The zero-order valence-electron chi connectivity index (χ0n) is 24.4. The highest BCUT2D eigenvalue weighted by Gasteiger charge is 2.03. The van der Waals surface area contributed by atoms with E-state index in [9.17, 15) is 36.7 Å². The first-order chi connectivity index (χ1) is 20.9. The lowest BCUT2D eigenvalue weighted by molar-refractivity contribution is 0.0955. The van der Waals surface area contributed by atoms with Crippen LogP contribution in [-0.4, -0.2) is 51.8 Å². The average Bonchev–Trinajstić information content (AvgIpc) is 3.05. The van der Waals surface area contributed by atoms with Gasteiger partial charge in [0.1, 0.15) is 23.3 Å². The fourth-order valence-corrected chi connectivity index (χ4v) is 2.98. The van der Waals surface area contributed by atoms with E-state index in [1.807, 2.05) is 0 Å². The molecule has 0 aromatic heterocycles. The summed E-state index contributed by atoms with van der Waals surface area (Å²) in [6.07, 6.45) is 0. The summed E-state index contributed by atoms with van der Waals surface area (Å²) in [4.78, 5) is 43.6. The minimum Gasteiger partial charge on any atom is -0.355 e. The maximum atomic E-state index is 12.3. The molecule has 12 heteroatoms. The van der Waals surface area contributed by atoms with Crippen LogP contribution in [0.1, 0.15) is 41.4 Å². The molecule has 232 valence electrons. The van der Waals surface area contributed by atoms with E-state index in [1.54, 1.807) is 0 Å². The van der Waals surface area contributed by atoms with Crippen molar-refractivity contribution < 1.29 is 36.7 Å². The highest BCUT2D eigenvalue weighted by Crippen LogP contribution is 2.04. The molecule has 0 bridgehead atoms. The Balaban J connectivity index is 0.000000293. The third kappa shape index (κ3) is 13.4. The van der Waals surface area contributed by atoms with Gasteiger partial charge in [0.05, 0.1) is 0 Å². The van der Waals surface area contributed by atoms with Crippen molar-refractivity contribution in [3.63, 3.8) is 0 Å². The van der Waals surface area contributed by atoms with Crippen molar-refractivity contribution in [3.05, 3.63) is 143 Å². The average molecular weight is 609 g/mol. The molecule has 0 saturated carbocycles. The standard InChI is InChI=1S/4C8H8FNO/c4*1-10-8(11)6-2-4-7(9)5-3-6/h4*2-5H,1H3,(H,10,11)/i4*9-1. The maximum Gasteiger partial charge on any atom is 0.251 e. The Bertz CT molecular complexity index is 1250. The number of benzene rings is 4. The summed E-state index contributed by atoms with van der Waals surface area (Å²) in [7, 11) is 6.13. The van der Waals surface area contributed by atoms with Gasteiger partial charge in [-0.25, -0.2) is 17.6 Å². The smallest absolute Gasteiger partial charge is 0.251 e. The summed E-state index contributed by atoms with van der Waals surface area (Å²) in [5.74, 6) is -2.16. The van der Waals surface area contributed by atoms with Crippen LogP contribution in [-0.2, 0) is 0 Å². The molecule has 4 rings (SSSR count). The lowest BCUT2D eigenvalue weighted by Crippen LogP contribution is -2.17. The zero-order chi connectivity index (χ0) is 33.1. The van der Waals surface area contributed by atoms with E-state index in [2.05, 4.69) is 21.3 Å². The first kappa shape index (κ1) is 36.5. The van der Waals surface area contributed by atoms with Gasteiger partial charge in [-0.2, -0.15) is 0 Å². The second-order valence-corrected chi connectivity index (χ2v) is 8.34. The molecule has 0 aliphatic rings. The number of carbonyl (C=O) groups is 4. The van der Waals surface area contributed by atoms with Crippen molar-refractivity contribution >= 4 is 23.6 Å². The summed E-state index contributed by atoms with van der Waals surface area (Å²) >= 11 is 0. The summed E-state index contributed by atoms with van der Waals surface area (Å²) in [6, 6.07) is 21.5. The first-order valence-electron chi connectivity index (χ1n) is 12.9. The van der Waals surface area contributed by atoms with Gasteiger partial charge in [-0.1, -0.05) is 0 Å². The second kappa shape index (κ2) is 19.6. The number of rotatable bonds is 4. The van der Waals surface area contributed by atoms with E-state index in [0.29, 0.717) is 22.3 Å². The van der Waals surface area contributed by atoms with Gasteiger partial charge in [0.2, 0.25) is 0 Å². The Labute approximate surface area is 252 Å². The Kier molecular flexibility index (Phi) is 16.2. The highest BCUT2D eigenvalue weighted by atomic mass is 18.2. The third-order valence-electron chi connectivity index (χ3n) is 5.33. The number of hydrogen-bond donors (Lipinski definition) is 4. The molecule has 0 heterocycles. The molecule has 4 aromatic carbocycles. The van der Waals surface area contributed by atoms with Crippen molar-refractivity contribution in [1.29, 1.82) is 0 Å². The van der Waals surface area contributed by atoms with Crippen molar-refractivity contribution in [3.8, 4) is 0 Å². The van der Waals surface area contributed by atoms with Crippen LogP contribution >= 0.6 is 0 Å². The lowest BCUT2D eigenvalue weighted by Gasteiger charge is -1.97. The molecule has 0 aliphatic heterocycles. The number of nitrogens with one attached hydrogen (secondary N) is 4. The molecule has 0 unspecified atom stereocenters. The molecule has 8 nitrogen and oxygen atoms in total. The predicted octanol–water partition coefficient (Wildman–Crippen LogP) is 4.74. The minimum absolute atomic E-state index is 0.204. The Morgan fingerprint density at radius 3 is 0.591 bits per heavy atom. The lowest BCUT2D eigenvalue weighted by atomic mass is 10.2. The summed E-state index contributed by atoms with van der Waals surface area (Å²) < 4.78 is 49.3. The highest BCUT2D eigenvalue weighted by molar-refractivity contribution is 5.95. The third-order valence-corrected chi connectivity index (χ3v) is 5.33. The predicted molar refractivity (Wildman–Crippen MR) is 159 cm³/mol. The molecule has 0 radical (unpaired) electrons. The first-order valence-corrected chi connectivity index (χ1v) is 12.9. The van der Waals surface area contributed by atoms with Gasteiger partial charge in [0.25, 0.3) is 23.6 Å². The van der Waals surface area contributed by atoms with E-state index in [-0.39, 0.29) is 46.9 Å². The fourth-order valence-electron chi connectivity index (χ4n) is 2.98. The summed E-state index contributed by atoms with van der Waals surface area (Å²) in [6.45, 7) is 0. The normalized spacial score (nSPS) is 9.27. The molecule has 0 spiro atoms. The Morgan fingerprint density at radius 2 is 0.477 bits per heavy atom. The van der Waals surface area contributed by atoms with Crippen molar-refractivity contribution in [2.24, 2.45) is 0 Å². The zero-order valence-corrected chi connectivity index (χ0v) is 24.4. The molecule has 0 saturated heterocycles. The molecule has 44 heavy (non-hydrogen) atoms. The number of carbonyl (C=O) groups excluding carboxylic acids is 4. The Morgan fingerprint density at radius 1 is 0.341 bits per heavy atom. The van der Waals surface area contributed by atoms with Gasteiger partial charge in [-0.15, -0.1) is 0 Å². The van der Waals surface area contributed by atoms with E-state index >= 15 is 0 Å². The molecule has 4 aromatic rings. The minimum atomic E-state index is -0.336. The van der Waals surface area contributed by atoms with Crippen LogP contribution in [0.25, 0.3) is 0 Å². The van der Waals surface area contributed by atoms with E-state index < -0.39 is 0 Å². The van der Waals surface area contributed by atoms with Crippen LogP contribution in [0.2, 0.25) is 0 Å². The Hall–Kier alpha value is -5.52. The quantitative estimate of drug-likeness (QED) is 0.251. The summed E-state index contributed by atoms with van der Waals surface area (Å²) in [5, 5.41) is 9.76. The molecule has 0 fully saturated rings. The largest absolute Gasteiger partial charge is 0.355 e. The van der Waals surface area contributed by atoms with Gasteiger partial charge in [-0.05, 0) is 97.1 Å². The maximum absolute atomic E-state index is 12.3. The van der Waals surface area contributed by atoms with Crippen LogP contribution in [0.4, 0.5) is 17.6 Å². The topological polar surface area (TPSA) is 116 Å².